The van der Waals surface area contributed by atoms with Crippen LogP contribution in [0.3, 0.4) is 0 Å². The minimum Gasteiger partial charge on any atom is -0.367 e. The first-order valence-corrected chi connectivity index (χ1v) is 16.0. The smallest absolute Gasteiger partial charge is 0.367 e. The second-order valence-electron chi connectivity index (χ2n) is 11.7. The Bertz CT molecular complexity index is 1800. The predicted octanol–water partition coefficient (Wildman–Crippen LogP) is 7.89. The molecule has 46 heavy (non-hydrogen) atoms. The van der Waals surface area contributed by atoms with Gasteiger partial charge in [0.1, 0.15) is 4.75 Å². The van der Waals surface area contributed by atoms with Crippen molar-refractivity contribution in [2.45, 2.75) is 59.1 Å². The number of hydrogen-bond donors (Lipinski definition) is 1. The van der Waals surface area contributed by atoms with Crippen LogP contribution in [0.5, 0.6) is 0 Å². The van der Waals surface area contributed by atoms with Crippen LogP contribution < -0.4 is 5.32 Å². The van der Waals surface area contributed by atoms with E-state index in [9.17, 15) is 34.8 Å². The molecule has 4 unspecified atom stereocenters. The zero-order valence-corrected chi connectivity index (χ0v) is 25.0. The molecule has 2 heterocycles. The number of nitrogens with one attached hydrogen (secondary N) is 1. The summed E-state index contributed by atoms with van der Waals surface area (Å²) in [5.74, 6) is 0. The maximum Gasteiger partial charge on any atom is 0.416 e. The fraction of sp³-hybridized carbons (Fsp3) is 0.257. The second kappa shape index (κ2) is 11.7. The average Bonchev–Trinajstić information content (AvgIpc) is 3.31. The van der Waals surface area contributed by atoms with Crippen molar-refractivity contribution in [3.8, 4) is 0 Å². The predicted molar refractivity (Wildman–Crippen MR) is 160 cm³/mol. The van der Waals surface area contributed by atoms with Gasteiger partial charge >= 0.3 is 12.4 Å². The van der Waals surface area contributed by atoms with Crippen LogP contribution in [0, 0.1) is 0 Å². The summed E-state index contributed by atoms with van der Waals surface area (Å²) >= 11 is 0. The summed E-state index contributed by atoms with van der Waals surface area (Å²) in [4.78, 5) is 0.137. The standard InChI is InChI=1S/C35H29F6NO3S/c36-34(37,38)27-18-25(19-28(20-27)35(39,40)41)22-45-31-17-16-30-32(21-24-10-4-1-5-11-24,46(43,44)29-14-8-3-9-15-29)23-33(31,42-30)26-12-6-2-7-13-26/h1-20,30-31,42H,21-23H2. The van der Waals surface area contributed by atoms with E-state index in [-0.39, 0.29) is 29.4 Å². The first kappa shape index (κ1) is 32.0. The molecule has 240 valence electrons. The molecule has 2 aliphatic rings. The Hall–Kier alpha value is -3.93. The molecule has 4 aromatic rings. The third kappa shape index (κ3) is 5.76. The maximum absolute atomic E-state index is 14.7. The maximum atomic E-state index is 14.7. The Labute approximate surface area is 262 Å². The number of halogens is 6. The lowest BCUT2D eigenvalue weighted by Crippen LogP contribution is -2.53. The molecule has 0 spiro atoms. The van der Waals surface area contributed by atoms with Crippen molar-refractivity contribution in [1.82, 2.24) is 5.32 Å². The van der Waals surface area contributed by atoms with Gasteiger partial charge in [-0.1, -0.05) is 91.0 Å². The molecule has 0 radical (unpaired) electrons. The summed E-state index contributed by atoms with van der Waals surface area (Å²) in [7, 11) is -4.05. The second-order valence-corrected chi connectivity index (χ2v) is 14.0. The van der Waals surface area contributed by atoms with E-state index in [0.29, 0.717) is 17.7 Å². The third-order valence-electron chi connectivity index (χ3n) is 8.82. The van der Waals surface area contributed by atoms with Crippen LogP contribution in [-0.4, -0.2) is 25.3 Å². The molecule has 1 fully saturated rings. The van der Waals surface area contributed by atoms with Gasteiger partial charge in [0.2, 0.25) is 0 Å². The molecule has 1 saturated heterocycles. The van der Waals surface area contributed by atoms with E-state index in [1.807, 2.05) is 30.3 Å². The lowest BCUT2D eigenvalue weighted by Gasteiger charge is -2.39. The molecule has 1 N–H and O–H groups in total. The normalized spacial score (nSPS) is 24.7. The fourth-order valence-electron chi connectivity index (χ4n) is 6.70. The number of benzene rings is 4. The summed E-state index contributed by atoms with van der Waals surface area (Å²) in [6.45, 7) is -0.583. The zero-order chi connectivity index (χ0) is 32.8. The number of ether oxygens (including phenoxy) is 1. The van der Waals surface area contributed by atoms with Crippen LogP contribution in [0.2, 0.25) is 0 Å². The van der Waals surface area contributed by atoms with Gasteiger partial charge in [-0.05, 0) is 59.9 Å². The summed E-state index contributed by atoms with van der Waals surface area (Å²) in [5, 5.41) is 3.51. The topological polar surface area (TPSA) is 55.4 Å². The van der Waals surface area contributed by atoms with Crippen LogP contribution >= 0.6 is 0 Å². The van der Waals surface area contributed by atoms with Gasteiger partial charge in [-0.25, -0.2) is 8.42 Å². The van der Waals surface area contributed by atoms with E-state index in [1.54, 1.807) is 72.8 Å². The molecular weight excluding hydrogens is 628 g/mol. The van der Waals surface area contributed by atoms with Gasteiger partial charge in [-0.15, -0.1) is 0 Å². The van der Waals surface area contributed by atoms with Crippen molar-refractivity contribution >= 4 is 9.84 Å². The fourth-order valence-corrected chi connectivity index (χ4v) is 8.93. The van der Waals surface area contributed by atoms with Crippen molar-refractivity contribution in [2.75, 3.05) is 0 Å². The Morgan fingerprint density at radius 2 is 1.26 bits per heavy atom. The number of hydrogen-bond acceptors (Lipinski definition) is 4. The molecule has 0 aliphatic carbocycles. The first-order chi connectivity index (χ1) is 21.7. The molecule has 0 saturated carbocycles. The summed E-state index contributed by atoms with van der Waals surface area (Å²) in [6, 6.07) is 26.9. The van der Waals surface area contributed by atoms with Gasteiger partial charge in [0.05, 0.1) is 34.3 Å². The molecule has 0 aromatic heterocycles. The molecule has 4 atom stereocenters. The largest absolute Gasteiger partial charge is 0.416 e. The van der Waals surface area contributed by atoms with Crippen LogP contribution in [0.25, 0.3) is 0 Å². The van der Waals surface area contributed by atoms with Gasteiger partial charge in [0.15, 0.2) is 9.84 Å². The van der Waals surface area contributed by atoms with E-state index in [2.05, 4.69) is 5.32 Å². The van der Waals surface area contributed by atoms with Crippen LogP contribution in [0.15, 0.2) is 126 Å². The zero-order valence-electron chi connectivity index (χ0n) is 24.2. The SMILES string of the molecule is O=S(=O)(c1ccccc1)C1(Cc2ccccc2)CC2(c3ccccc3)NC1C=CC2OCc1cc(C(F)(F)F)cc(C(F)(F)F)c1. The molecule has 4 aromatic carbocycles. The minimum atomic E-state index is -5.00. The lowest BCUT2D eigenvalue weighted by molar-refractivity contribution is -0.143. The number of fused-ring (bicyclic) bond motifs is 2. The highest BCUT2D eigenvalue weighted by Crippen LogP contribution is 2.53. The van der Waals surface area contributed by atoms with Crippen LogP contribution in [0.4, 0.5) is 26.3 Å². The Morgan fingerprint density at radius 3 is 1.83 bits per heavy atom. The van der Waals surface area contributed by atoms with Crippen molar-refractivity contribution < 1.29 is 39.5 Å². The van der Waals surface area contributed by atoms with Crippen molar-refractivity contribution in [3.05, 3.63) is 149 Å². The number of alkyl halides is 6. The highest BCUT2D eigenvalue weighted by atomic mass is 32.2. The van der Waals surface area contributed by atoms with Crippen LogP contribution in [-0.2, 0) is 45.5 Å². The quantitative estimate of drug-likeness (QED) is 0.155. The summed E-state index contributed by atoms with van der Waals surface area (Å²) in [6.07, 6.45) is -7.45. The number of sulfone groups is 1. The van der Waals surface area contributed by atoms with E-state index < -0.39 is 62.4 Å². The highest BCUT2D eigenvalue weighted by molar-refractivity contribution is 7.93. The molecule has 11 heteroatoms. The van der Waals surface area contributed by atoms with Crippen molar-refractivity contribution in [1.29, 1.82) is 0 Å². The Balaban J connectivity index is 1.44. The van der Waals surface area contributed by atoms with E-state index in [4.69, 9.17) is 4.74 Å². The van der Waals surface area contributed by atoms with Gasteiger partial charge in [0.25, 0.3) is 0 Å². The molecule has 2 aliphatic heterocycles. The Morgan fingerprint density at radius 1 is 0.717 bits per heavy atom. The van der Waals surface area contributed by atoms with Crippen LogP contribution in [0.1, 0.15) is 34.2 Å². The van der Waals surface area contributed by atoms with Crippen molar-refractivity contribution in [2.24, 2.45) is 0 Å². The lowest BCUT2D eigenvalue weighted by atomic mass is 9.79. The van der Waals surface area contributed by atoms with E-state index >= 15 is 0 Å². The molecule has 4 nitrogen and oxygen atoms in total. The molecule has 0 amide bonds. The average molecular weight is 658 g/mol. The monoisotopic (exact) mass is 657 g/mol. The third-order valence-corrected chi connectivity index (χ3v) is 11.3. The Kier molecular flexibility index (Phi) is 8.15. The molecular formula is C35H29F6NO3S. The van der Waals surface area contributed by atoms with Gasteiger partial charge in [-0.2, -0.15) is 26.3 Å². The summed E-state index contributed by atoms with van der Waals surface area (Å²) < 4.78 is 116. The van der Waals surface area contributed by atoms with Gasteiger partial charge in [-0.3, -0.25) is 5.32 Å². The molecule has 6 rings (SSSR count). The first-order valence-electron chi connectivity index (χ1n) is 14.5. The van der Waals surface area contributed by atoms with E-state index in [0.717, 1.165) is 5.56 Å². The minimum absolute atomic E-state index is 0.00879. The highest BCUT2D eigenvalue weighted by Gasteiger charge is 2.64. The number of rotatable bonds is 8. The molecule has 2 bridgehead atoms. The van der Waals surface area contributed by atoms with Gasteiger partial charge < -0.3 is 4.74 Å². The summed E-state index contributed by atoms with van der Waals surface area (Å²) in [5.41, 5.74) is -2.92. The van der Waals surface area contributed by atoms with Crippen molar-refractivity contribution in [3.63, 3.8) is 0 Å². The van der Waals surface area contributed by atoms with Gasteiger partial charge in [0, 0.05) is 6.04 Å². The van der Waals surface area contributed by atoms with E-state index in [1.165, 1.54) is 0 Å².